The zero-order valence-electron chi connectivity index (χ0n) is 11.4. The van der Waals surface area contributed by atoms with E-state index in [0.29, 0.717) is 0 Å². The Morgan fingerprint density at radius 3 is 2.44 bits per heavy atom. The first-order chi connectivity index (χ1) is 8.59. The fourth-order valence-electron chi connectivity index (χ4n) is 2.55. The van der Waals surface area contributed by atoms with Crippen molar-refractivity contribution in [3.8, 4) is 0 Å². The number of thioether (sulfide) groups is 1. The molecule has 1 atom stereocenters. The molecule has 1 unspecified atom stereocenters. The molecule has 2 nitrogen and oxygen atoms in total. The standard InChI is InChI=1S/C15H24N2S/c1-15(2,12-17-8-10-18-11-9-17)14(16)13-6-4-3-5-7-13/h3-7,14H,8-12,16H2,1-2H3. The van der Waals surface area contributed by atoms with E-state index in [-0.39, 0.29) is 11.5 Å². The third-order valence-corrected chi connectivity index (χ3v) is 4.68. The normalized spacial score (nSPS) is 19.7. The molecule has 0 aliphatic carbocycles. The van der Waals surface area contributed by atoms with E-state index in [9.17, 15) is 0 Å². The van der Waals surface area contributed by atoms with Crippen molar-refractivity contribution in [2.24, 2.45) is 11.1 Å². The lowest BCUT2D eigenvalue weighted by Crippen LogP contribution is -2.44. The highest BCUT2D eigenvalue weighted by atomic mass is 32.2. The van der Waals surface area contributed by atoms with Crippen LogP contribution < -0.4 is 5.73 Å². The van der Waals surface area contributed by atoms with Gasteiger partial charge in [0.15, 0.2) is 0 Å². The van der Waals surface area contributed by atoms with Crippen molar-refractivity contribution in [3.05, 3.63) is 35.9 Å². The minimum atomic E-state index is 0.105. The molecule has 0 amide bonds. The van der Waals surface area contributed by atoms with Crippen LogP contribution >= 0.6 is 11.8 Å². The Balaban J connectivity index is 2.00. The first-order valence-corrected chi connectivity index (χ1v) is 7.86. The van der Waals surface area contributed by atoms with Crippen LogP contribution in [-0.2, 0) is 0 Å². The smallest absolute Gasteiger partial charge is 0.0359 e. The summed E-state index contributed by atoms with van der Waals surface area (Å²) in [5.41, 5.74) is 7.82. The molecule has 1 aromatic rings. The molecule has 100 valence electrons. The highest BCUT2D eigenvalue weighted by molar-refractivity contribution is 7.99. The van der Waals surface area contributed by atoms with Crippen LogP contribution in [0.15, 0.2) is 30.3 Å². The molecule has 2 rings (SSSR count). The van der Waals surface area contributed by atoms with Gasteiger partial charge in [0.1, 0.15) is 0 Å². The maximum Gasteiger partial charge on any atom is 0.0359 e. The van der Waals surface area contributed by atoms with Gasteiger partial charge in [-0.25, -0.2) is 0 Å². The van der Waals surface area contributed by atoms with E-state index in [1.807, 2.05) is 6.07 Å². The largest absolute Gasteiger partial charge is 0.323 e. The lowest BCUT2D eigenvalue weighted by atomic mass is 9.80. The highest BCUT2D eigenvalue weighted by Gasteiger charge is 2.30. The zero-order chi connectivity index (χ0) is 13.0. The van der Waals surface area contributed by atoms with Crippen LogP contribution in [0.3, 0.4) is 0 Å². The summed E-state index contributed by atoms with van der Waals surface area (Å²) in [6.45, 7) is 8.06. The van der Waals surface area contributed by atoms with Crippen LogP contribution in [0.5, 0.6) is 0 Å². The molecule has 1 aromatic carbocycles. The zero-order valence-corrected chi connectivity index (χ0v) is 12.2. The van der Waals surface area contributed by atoms with Crippen molar-refractivity contribution in [1.82, 2.24) is 4.90 Å². The quantitative estimate of drug-likeness (QED) is 0.906. The molecule has 1 aliphatic heterocycles. The summed E-state index contributed by atoms with van der Waals surface area (Å²) in [6.07, 6.45) is 0. The van der Waals surface area contributed by atoms with Crippen LogP contribution in [0.25, 0.3) is 0 Å². The summed E-state index contributed by atoms with van der Waals surface area (Å²) in [5.74, 6) is 2.52. The molecule has 0 spiro atoms. The molecule has 1 saturated heterocycles. The average molecular weight is 264 g/mol. The van der Waals surface area contributed by atoms with Crippen molar-refractivity contribution in [2.45, 2.75) is 19.9 Å². The summed E-state index contributed by atoms with van der Waals surface area (Å²) in [7, 11) is 0. The average Bonchev–Trinajstić information content (AvgIpc) is 2.39. The van der Waals surface area contributed by atoms with Crippen LogP contribution in [0.4, 0.5) is 0 Å². The molecule has 0 radical (unpaired) electrons. The van der Waals surface area contributed by atoms with Crippen LogP contribution in [-0.4, -0.2) is 36.0 Å². The summed E-state index contributed by atoms with van der Waals surface area (Å²) < 4.78 is 0. The fraction of sp³-hybridized carbons (Fsp3) is 0.600. The third kappa shape index (κ3) is 3.50. The summed E-state index contributed by atoms with van der Waals surface area (Å²) in [6, 6.07) is 10.6. The Kier molecular flexibility index (Phi) is 4.71. The number of nitrogens with two attached hydrogens (primary N) is 1. The van der Waals surface area contributed by atoms with Crippen molar-refractivity contribution in [3.63, 3.8) is 0 Å². The van der Waals surface area contributed by atoms with Gasteiger partial charge in [-0.3, -0.25) is 0 Å². The second-order valence-corrected chi connectivity index (χ2v) is 6.99. The third-order valence-electron chi connectivity index (χ3n) is 3.74. The summed E-state index contributed by atoms with van der Waals surface area (Å²) >= 11 is 2.06. The first-order valence-electron chi connectivity index (χ1n) is 6.70. The van der Waals surface area contributed by atoms with E-state index in [2.05, 4.69) is 54.8 Å². The summed E-state index contributed by atoms with van der Waals surface area (Å²) in [4.78, 5) is 2.55. The van der Waals surface area contributed by atoms with Gasteiger partial charge < -0.3 is 10.6 Å². The van der Waals surface area contributed by atoms with Gasteiger partial charge >= 0.3 is 0 Å². The van der Waals surface area contributed by atoms with Crippen LogP contribution in [0, 0.1) is 5.41 Å². The van der Waals surface area contributed by atoms with Gasteiger partial charge in [0.05, 0.1) is 0 Å². The number of rotatable bonds is 4. The monoisotopic (exact) mass is 264 g/mol. The van der Waals surface area contributed by atoms with E-state index < -0.39 is 0 Å². The molecule has 3 heteroatoms. The molecule has 0 aromatic heterocycles. The van der Waals surface area contributed by atoms with Gasteiger partial charge in [-0.2, -0.15) is 11.8 Å². The fourth-order valence-corrected chi connectivity index (χ4v) is 3.52. The van der Waals surface area contributed by atoms with E-state index in [4.69, 9.17) is 5.73 Å². The molecule has 1 fully saturated rings. The lowest BCUT2D eigenvalue weighted by molar-refractivity contribution is 0.163. The Labute approximate surface area is 115 Å². The molecule has 0 saturated carbocycles. The molecule has 18 heavy (non-hydrogen) atoms. The Bertz CT molecular complexity index is 358. The van der Waals surface area contributed by atoms with Gasteiger partial charge in [-0.05, 0) is 11.0 Å². The van der Waals surface area contributed by atoms with Crippen molar-refractivity contribution in [1.29, 1.82) is 0 Å². The Hall–Kier alpha value is -0.510. The van der Waals surface area contributed by atoms with Crippen molar-refractivity contribution < 1.29 is 0 Å². The van der Waals surface area contributed by atoms with Crippen LogP contribution in [0.1, 0.15) is 25.5 Å². The number of benzene rings is 1. The molecule has 0 bridgehead atoms. The van der Waals surface area contributed by atoms with Gasteiger partial charge in [0, 0.05) is 37.2 Å². The molecule has 1 aliphatic rings. The van der Waals surface area contributed by atoms with Gasteiger partial charge in [-0.15, -0.1) is 0 Å². The predicted octanol–water partition coefficient (Wildman–Crippen LogP) is 2.76. The Morgan fingerprint density at radius 1 is 1.22 bits per heavy atom. The molecular weight excluding hydrogens is 240 g/mol. The highest BCUT2D eigenvalue weighted by Crippen LogP contribution is 2.32. The van der Waals surface area contributed by atoms with Crippen molar-refractivity contribution in [2.75, 3.05) is 31.1 Å². The van der Waals surface area contributed by atoms with Gasteiger partial charge in [-0.1, -0.05) is 44.2 Å². The van der Waals surface area contributed by atoms with Gasteiger partial charge in [0.2, 0.25) is 0 Å². The molecule has 1 heterocycles. The maximum absolute atomic E-state index is 6.46. The van der Waals surface area contributed by atoms with Crippen LogP contribution in [0.2, 0.25) is 0 Å². The van der Waals surface area contributed by atoms with E-state index in [0.717, 1.165) is 6.54 Å². The lowest BCUT2D eigenvalue weighted by Gasteiger charge is -2.38. The van der Waals surface area contributed by atoms with E-state index in [1.165, 1.54) is 30.2 Å². The number of hydrogen-bond donors (Lipinski definition) is 1. The van der Waals surface area contributed by atoms with E-state index >= 15 is 0 Å². The maximum atomic E-state index is 6.46. The Morgan fingerprint density at radius 2 is 1.83 bits per heavy atom. The second-order valence-electron chi connectivity index (χ2n) is 5.77. The summed E-state index contributed by atoms with van der Waals surface area (Å²) in [5, 5.41) is 0. The molecular formula is C15H24N2S. The van der Waals surface area contributed by atoms with Gasteiger partial charge in [0.25, 0.3) is 0 Å². The van der Waals surface area contributed by atoms with E-state index in [1.54, 1.807) is 0 Å². The minimum Gasteiger partial charge on any atom is -0.323 e. The number of hydrogen-bond acceptors (Lipinski definition) is 3. The predicted molar refractivity (Wildman–Crippen MR) is 80.9 cm³/mol. The number of nitrogens with zero attached hydrogens (tertiary/aromatic N) is 1. The van der Waals surface area contributed by atoms with Crippen molar-refractivity contribution >= 4 is 11.8 Å². The first kappa shape index (κ1) is 13.9. The topological polar surface area (TPSA) is 29.3 Å². The minimum absolute atomic E-state index is 0.105. The SMILES string of the molecule is CC(C)(CN1CCSCC1)C(N)c1ccccc1. The second kappa shape index (κ2) is 6.09. The molecule has 2 N–H and O–H groups in total.